The Bertz CT molecular complexity index is 1310. The van der Waals surface area contributed by atoms with E-state index in [0.29, 0.717) is 24.0 Å². The molecular formula is C26H26ClN5O2S. The Morgan fingerprint density at radius 2 is 2.03 bits per heavy atom. The Morgan fingerprint density at radius 1 is 1.17 bits per heavy atom. The van der Waals surface area contributed by atoms with E-state index >= 15 is 0 Å². The summed E-state index contributed by atoms with van der Waals surface area (Å²) < 4.78 is 0. The molecule has 1 amide bonds. The fraction of sp³-hybridized carbons (Fsp3) is 0.308. The van der Waals surface area contributed by atoms with Crippen LogP contribution in [-0.2, 0) is 6.54 Å². The lowest BCUT2D eigenvalue weighted by Gasteiger charge is -2.33. The maximum atomic E-state index is 11.9. The molecule has 0 radical (unpaired) electrons. The number of hydrogen-bond donors (Lipinski definition) is 1. The summed E-state index contributed by atoms with van der Waals surface area (Å²) in [7, 11) is 0. The molecule has 7 nitrogen and oxygen atoms in total. The van der Waals surface area contributed by atoms with Crippen molar-refractivity contribution in [3.05, 3.63) is 71.0 Å². The molecule has 1 aliphatic heterocycles. The second kappa shape index (κ2) is 10.6. The van der Waals surface area contributed by atoms with Gasteiger partial charge in [0, 0.05) is 53.4 Å². The Balaban J connectivity index is 1.14. The highest BCUT2D eigenvalue weighted by Crippen LogP contribution is 2.28. The number of fused-ring (bicyclic) bond motifs is 1. The molecule has 0 bridgehead atoms. The number of carboxylic acid groups (broad SMARTS) is 1. The molecule has 3 aromatic heterocycles. The van der Waals surface area contributed by atoms with Crippen LogP contribution in [0.1, 0.15) is 25.0 Å². The van der Waals surface area contributed by atoms with Crippen LogP contribution in [0.2, 0.25) is 5.02 Å². The molecule has 0 unspecified atom stereocenters. The summed E-state index contributed by atoms with van der Waals surface area (Å²) in [6.45, 7) is 2.65. The number of rotatable bonds is 7. The van der Waals surface area contributed by atoms with E-state index in [1.807, 2.05) is 35.7 Å². The molecule has 0 saturated carbocycles. The average molecular weight is 508 g/mol. The number of carbonyl (C=O) groups is 1. The maximum absolute atomic E-state index is 11.9. The highest BCUT2D eigenvalue weighted by molar-refractivity contribution is 7.13. The fourth-order valence-electron chi connectivity index (χ4n) is 4.49. The van der Waals surface area contributed by atoms with Crippen LogP contribution in [0.15, 0.2) is 60.2 Å². The van der Waals surface area contributed by atoms with Gasteiger partial charge in [-0.05, 0) is 67.6 Å². The highest BCUT2D eigenvalue weighted by atomic mass is 35.5. The van der Waals surface area contributed by atoms with Crippen LogP contribution in [-0.4, -0.2) is 50.7 Å². The van der Waals surface area contributed by atoms with Crippen LogP contribution < -0.4 is 4.90 Å². The molecule has 1 saturated heterocycles. The minimum absolute atomic E-state index is 0.302. The lowest BCUT2D eigenvalue weighted by atomic mass is 9.93. The molecule has 1 fully saturated rings. The number of piperidine rings is 1. The molecule has 0 atom stereocenters. The quantitative estimate of drug-likeness (QED) is 0.321. The summed E-state index contributed by atoms with van der Waals surface area (Å²) in [5.74, 6) is 1.48. The zero-order valence-corrected chi connectivity index (χ0v) is 20.8. The van der Waals surface area contributed by atoms with Crippen LogP contribution in [0, 0.1) is 5.92 Å². The van der Waals surface area contributed by atoms with Crippen molar-refractivity contribution >= 4 is 45.8 Å². The molecule has 1 aliphatic rings. The molecule has 4 heterocycles. The molecule has 1 aromatic carbocycles. The fourth-order valence-corrected chi connectivity index (χ4v) is 5.47. The van der Waals surface area contributed by atoms with Crippen LogP contribution in [0.25, 0.3) is 21.5 Å². The van der Waals surface area contributed by atoms with Crippen LogP contribution in [0.5, 0.6) is 0 Å². The lowest BCUT2D eigenvalue weighted by Crippen LogP contribution is -2.36. The molecular weight excluding hydrogens is 482 g/mol. The van der Waals surface area contributed by atoms with Crippen molar-refractivity contribution in [3.63, 3.8) is 0 Å². The van der Waals surface area contributed by atoms with Crippen molar-refractivity contribution in [1.82, 2.24) is 19.9 Å². The van der Waals surface area contributed by atoms with Crippen molar-refractivity contribution in [2.75, 3.05) is 24.5 Å². The van der Waals surface area contributed by atoms with Gasteiger partial charge in [-0.1, -0.05) is 11.6 Å². The van der Waals surface area contributed by atoms with E-state index in [2.05, 4.69) is 27.0 Å². The lowest BCUT2D eigenvalue weighted by molar-refractivity contribution is 0.137. The van der Waals surface area contributed by atoms with Gasteiger partial charge in [-0.3, -0.25) is 4.98 Å². The second-order valence-electron chi connectivity index (χ2n) is 8.82. The van der Waals surface area contributed by atoms with Crippen molar-refractivity contribution in [2.24, 2.45) is 5.92 Å². The Kier molecular flexibility index (Phi) is 7.11. The van der Waals surface area contributed by atoms with Crippen molar-refractivity contribution < 1.29 is 9.90 Å². The van der Waals surface area contributed by atoms with Gasteiger partial charge in [-0.15, -0.1) is 11.3 Å². The average Bonchev–Trinajstić information content (AvgIpc) is 3.35. The van der Waals surface area contributed by atoms with Gasteiger partial charge in [0.15, 0.2) is 0 Å². The molecule has 1 N–H and O–H groups in total. The highest BCUT2D eigenvalue weighted by Gasteiger charge is 2.23. The minimum atomic E-state index is -0.904. The van der Waals surface area contributed by atoms with Crippen LogP contribution in [0.3, 0.4) is 0 Å². The molecule has 4 aromatic rings. The SMILES string of the molecule is O=C(O)N(CCC1CCN(c2ccc3cc(Cl)ccc3n2)CC1)Cc1csc(-c2cccnc2)n1. The van der Waals surface area contributed by atoms with Gasteiger partial charge in [0.25, 0.3) is 0 Å². The van der Waals surface area contributed by atoms with E-state index in [9.17, 15) is 9.90 Å². The number of aromatic nitrogens is 3. The van der Waals surface area contributed by atoms with Gasteiger partial charge >= 0.3 is 6.09 Å². The van der Waals surface area contributed by atoms with E-state index in [-0.39, 0.29) is 0 Å². The largest absolute Gasteiger partial charge is 0.465 e. The van der Waals surface area contributed by atoms with Crippen LogP contribution >= 0.6 is 22.9 Å². The summed E-state index contributed by atoms with van der Waals surface area (Å²) >= 11 is 7.60. The maximum Gasteiger partial charge on any atom is 0.407 e. The van der Waals surface area contributed by atoms with Gasteiger partial charge in [0.05, 0.1) is 17.8 Å². The summed E-state index contributed by atoms with van der Waals surface area (Å²) in [5.41, 5.74) is 2.66. The first-order valence-electron chi connectivity index (χ1n) is 11.7. The zero-order chi connectivity index (χ0) is 24.2. The Morgan fingerprint density at radius 3 is 2.80 bits per heavy atom. The molecule has 5 rings (SSSR count). The van der Waals surface area contributed by atoms with Gasteiger partial charge in [-0.2, -0.15) is 0 Å². The van der Waals surface area contributed by atoms with Gasteiger partial charge in [-0.25, -0.2) is 14.8 Å². The third-order valence-corrected chi connectivity index (χ3v) is 7.64. The van der Waals surface area contributed by atoms with E-state index in [1.165, 1.54) is 16.2 Å². The van der Waals surface area contributed by atoms with Gasteiger partial charge in [0.2, 0.25) is 0 Å². The van der Waals surface area contributed by atoms with Crippen LogP contribution in [0.4, 0.5) is 10.6 Å². The standard InChI is InChI=1S/C26H26ClN5O2S/c27-21-4-5-23-19(14-21)3-6-24(30-23)31-11-7-18(8-12-31)9-13-32(26(33)34)16-22-17-35-25(29-22)20-2-1-10-28-15-20/h1-6,10,14-15,17-18H,7-9,11-13,16H2,(H,33,34). The number of hydrogen-bond acceptors (Lipinski definition) is 6. The summed E-state index contributed by atoms with van der Waals surface area (Å²) in [5, 5.41) is 14.3. The van der Waals surface area contributed by atoms with Gasteiger partial charge < -0.3 is 14.9 Å². The smallest absolute Gasteiger partial charge is 0.407 e. The number of nitrogens with zero attached hydrogens (tertiary/aromatic N) is 5. The number of anilines is 1. The molecule has 0 spiro atoms. The summed E-state index contributed by atoms with van der Waals surface area (Å²) in [6.07, 6.45) is 5.49. The van der Waals surface area contributed by atoms with E-state index in [0.717, 1.165) is 65.3 Å². The second-order valence-corrected chi connectivity index (χ2v) is 10.1. The molecule has 0 aliphatic carbocycles. The topological polar surface area (TPSA) is 82.5 Å². The normalized spacial score (nSPS) is 14.4. The first kappa shape index (κ1) is 23.5. The molecule has 35 heavy (non-hydrogen) atoms. The van der Waals surface area contributed by atoms with E-state index in [4.69, 9.17) is 16.6 Å². The van der Waals surface area contributed by atoms with E-state index in [1.54, 1.807) is 12.4 Å². The number of halogens is 1. The number of pyridine rings is 2. The predicted octanol–water partition coefficient (Wildman–Crippen LogP) is 6.19. The third-order valence-electron chi connectivity index (χ3n) is 6.47. The van der Waals surface area contributed by atoms with Gasteiger partial charge in [0.1, 0.15) is 10.8 Å². The van der Waals surface area contributed by atoms with E-state index < -0.39 is 6.09 Å². The molecule has 9 heteroatoms. The number of thiazole rings is 1. The molecule has 180 valence electrons. The Hall–Kier alpha value is -3.23. The van der Waals surface area contributed by atoms with Crippen molar-refractivity contribution in [2.45, 2.75) is 25.8 Å². The Labute approximate surface area is 213 Å². The van der Waals surface area contributed by atoms with Crippen molar-refractivity contribution in [1.29, 1.82) is 0 Å². The predicted molar refractivity (Wildman–Crippen MR) is 140 cm³/mol. The first-order chi connectivity index (χ1) is 17.0. The summed E-state index contributed by atoms with van der Waals surface area (Å²) in [6, 6.07) is 13.7. The van der Waals surface area contributed by atoms with Crippen molar-refractivity contribution in [3.8, 4) is 10.6 Å². The summed E-state index contributed by atoms with van der Waals surface area (Å²) in [4.78, 5) is 29.2. The zero-order valence-electron chi connectivity index (χ0n) is 19.2. The first-order valence-corrected chi connectivity index (χ1v) is 12.9. The minimum Gasteiger partial charge on any atom is -0.465 e. The third kappa shape index (κ3) is 5.71. The number of benzene rings is 1. The monoisotopic (exact) mass is 507 g/mol. The number of amides is 1.